The Bertz CT molecular complexity index is 1080. The monoisotopic (exact) mass is 467 g/mol. The second kappa shape index (κ2) is 8.06. The van der Waals surface area contributed by atoms with E-state index < -0.39 is 9.84 Å². The Morgan fingerprint density at radius 1 is 1.25 bits per heavy atom. The van der Waals surface area contributed by atoms with Crippen molar-refractivity contribution < 1.29 is 13.5 Å². The third-order valence-corrected chi connectivity index (χ3v) is 6.01. The molecule has 1 aromatic carbocycles. The van der Waals surface area contributed by atoms with Crippen LogP contribution >= 0.6 is 15.9 Å². The number of nitrogens with one attached hydrogen (secondary N) is 2. The minimum Gasteiger partial charge on any atom is -0.394 e. The third-order valence-electron chi connectivity index (χ3n) is 4.32. The summed E-state index contributed by atoms with van der Waals surface area (Å²) in [6, 6.07) is 8.14. The number of aliphatic hydroxyl groups is 1. The first-order chi connectivity index (χ1) is 13.2. The van der Waals surface area contributed by atoms with Gasteiger partial charge in [0, 0.05) is 18.0 Å². The van der Waals surface area contributed by atoms with E-state index in [2.05, 4.69) is 36.6 Å². The predicted octanol–water partition coefficient (Wildman–Crippen LogP) is 3.07. The Hall–Kier alpha value is -2.17. The van der Waals surface area contributed by atoms with Gasteiger partial charge in [0.2, 0.25) is 0 Å². The fourth-order valence-electron chi connectivity index (χ4n) is 2.65. The molecule has 0 bridgehead atoms. The Kier molecular flexibility index (Phi) is 5.92. The van der Waals surface area contributed by atoms with Gasteiger partial charge in [-0.15, -0.1) is 0 Å². The van der Waals surface area contributed by atoms with E-state index in [1.165, 1.54) is 6.26 Å². The number of nitrogens with zero attached hydrogens (tertiary/aromatic N) is 3. The van der Waals surface area contributed by atoms with Gasteiger partial charge in [0.1, 0.15) is 11.6 Å². The lowest BCUT2D eigenvalue weighted by atomic mass is 10.1. The molecular weight excluding hydrogens is 446 g/mol. The molecule has 1 atom stereocenters. The standard InChI is InChI=1S/C18H22BrN5O3S/c1-11(2)15(10-25)22-16-8-17(24-18(23-16)14(19)9-20-24)21-12-4-6-13(7-5-12)28(3,26)27/h4-9,11,15,21,25H,10H2,1-3H3,(H,22,23)/t15-/m0/s1. The van der Waals surface area contributed by atoms with Crippen molar-refractivity contribution in [3.8, 4) is 0 Å². The van der Waals surface area contributed by atoms with E-state index in [1.54, 1.807) is 41.0 Å². The Morgan fingerprint density at radius 3 is 2.50 bits per heavy atom. The number of hydrogen-bond acceptors (Lipinski definition) is 7. The maximum atomic E-state index is 11.6. The van der Waals surface area contributed by atoms with Crippen molar-refractivity contribution in [3.05, 3.63) is 41.0 Å². The fourth-order valence-corrected chi connectivity index (χ4v) is 3.62. The van der Waals surface area contributed by atoms with Crippen LogP contribution in [0.25, 0.3) is 5.65 Å². The molecule has 0 fully saturated rings. The van der Waals surface area contributed by atoms with E-state index in [4.69, 9.17) is 0 Å². The molecule has 8 nitrogen and oxygen atoms in total. The minimum absolute atomic E-state index is 0.0132. The summed E-state index contributed by atoms with van der Waals surface area (Å²) >= 11 is 3.45. The molecule has 3 N–H and O–H groups in total. The van der Waals surface area contributed by atoms with Gasteiger partial charge in [0.25, 0.3) is 0 Å². The van der Waals surface area contributed by atoms with E-state index in [0.717, 1.165) is 4.47 Å². The van der Waals surface area contributed by atoms with Gasteiger partial charge in [-0.2, -0.15) is 9.61 Å². The van der Waals surface area contributed by atoms with Gasteiger partial charge in [-0.3, -0.25) is 0 Å². The summed E-state index contributed by atoms with van der Waals surface area (Å²) in [4.78, 5) is 4.82. The number of halogens is 1. The van der Waals surface area contributed by atoms with E-state index in [-0.39, 0.29) is 23.5 Å². The summed E-state index contributed by atoms with van der Waals surface area (Å²) in [5.41, 5.74) is 1.32. The summed E-state index contributed by atoms with van der Waals surface area (Å²) < 4.78 is 25.6. The molecular formula is C18H22BrN5O3S. The van der Waals surface area contributed by atoms with Gasteiger partial charge in [-0.1, -0.05) is 13.8 Å². The number of benzene rings is 1. The first kappa shape index (κ1) is 20.6. The molecule has 0 radical (unpaired) electrons. The average molecular weight is 468 g/mol. The number of hydrogen-bond donors (Lipinski definition) is 3. The zero-order chi connectivity index (χ0) is 20.5. The zero-order valence-corrected chi connectivity index (χ0v) is 18.1. The number of aliphatic hydroxyl groups excluding tert-OH is 1. The van der Waals surface area contributed by atoms with Crippen molar-refractivity contribution in [3.63, 3.8) is 0 Å². The molecule has 0 aliphatic carbocycles. The van der Waals surface area contributed by atoms with Crippen molar-refractivity contribution in [2.24, 2.45) is 5.92 Å². The minimum atomic E-state index is -3.25. The van der Waals surface area contributed by atoms with Crippen LogP contribution in [0.1, 0.15) is 13.8 Å². The SMILES string of the molecule is CC(C)[C@H](CO)Nc1cc(Nc2ccc(S(C)(=O)=O)cc2)n2ncc(Br)c2n1. The lowest BCUT2D eigenvalue weighted by molar-refractivity contribution is 0.249. The number of rotatable bonds is 7. The van der Waals surface area contributed by atoms with Crippen molar-refractivity contribution in [1.29, 1.82) is 0 Å². The molecule has 0 saturated carbocycles. The summed E-state index contributed by atoms with van der Waals surface area (Å²) in [7, 11) is -3.25. The number of sulfone groups is 1. The Labute approximate surface area is 172 Å². The molecule has 150 valence electrons. The smallest absolute Gasteiger partial charge is 0.175 e. The van der Waals surface area contributed by atoms with Gasteiger partial charge in [-0.25, -0.2) is 13.4 Å². The van der Waals surface area contributed by atoms with Gasteiger partial charge in [0.05, 0.1) is 28.2 Å². The van der Waals surface area contributed by atoms with Crippen LogP contribution in [0.15, 0.2) is 45.9 Å². The number of anilines is 3. The second-order valence-corrected chi connectivity index (χ2v) is 9.72. The Balaban J connectivity index is 1.97. The highest BCUT2D eigenvalue weighted by atomic mass is 79.9. The highest BCUT2D eigenvalue weighted by molar-refractivity contribution is 9.10. The van der Waals surface area contributed by atoms with E-state index in [9.17, 15) is 13.5 Å². The summed E-state index contributed by atoms with van der Waals surface area (Å²) in [6.45, 7) is 4.02. The fraction of sp³-hybridized carbons (Fsp3) is 0.333. The van der Waals surface area contributed by atoms with Crippen molar-refractivity contribution in [2.45, 2.75) is 24.8 Å². The molecule has 3 rings (SSSR count). The molecule has 0 aliphatic heterocycles. The number of aromatic nitrogens is 3. The average Bonchev–Trinajstić information content (AvgIpc) is 3.00. The normalized spacial score (nSPS) is 13.1. The largest absolute Gasteiger partial charge is 0.394 e. The molecule has 10 heteroatoms. The van der Waals surface area contributed by atoms with Crippen LogP contribution < -0.4 is 10.6 Å². The van der Waals surface area contributed by atoms with Gasteiger partial charge in [0.15, 0.2) is 15.5 Å². The van der Waals surface area contributed by atoms with Crippen LogP contribution in [0.3, 0.4) is 0 Å². The van der Waals surface area contributed by atoms with Gasteiger partial charge < -0.3 is 15.7 Å². The first-order valence-electron chi connectivity index (χ1n) is 8.68. The summed E-state index contributed by atoms with van der Waals surface area (Å²) in [5, 5.41) is 20.4. The first-order valence-corrected chi connectivity index (χ1v) is 11.4. The summed E-state index contributed by atoms with van der Waals surface area (Å²) in [6.07, 6.45) is 2.82. The molecule has 0 amide bonds. The topological polar surface area (TPSA) is 109 Å². The van der Waals surface area contributed by atoms with E-state index in [0.29, 0.717) is 23.0 Å². The molecule has 0 saturated heterocycles. The molecule has 2 aromatic heterocycles. The van der Waals surface area contributed by atoms with Crippen LogP contribution in [0.5, 0.6) is 0 Å². The molecule has 0 spiro atoms. The third kappa shape index (κ3) is 4.45. The van der Waals surface area contributed by atoms with Crippen LogP contribution in [0.4, 0.5) is 17.3 Å². The molecule has 0 aliphatic rings. The van der Waals surface area contributed by atoms with Crippen LogP contribution in [-0.2, 0) is 9.84 Å². The van der Waals surface area contributed by atoms with Crippen LogP contribution in [-0.4, -0.2) is 47.0 Å². The lowest BCUT2D eigenvalue weighted by Crippen LogP contribution is -2.30. The van der Waals surface area contributed by atoms with Crippen LogP contribution in [0, 0.1) is 5.92 Å². The van der Waals surface area contributed by atoms with E-state index >= 15 is 0 Å². The summed E-state index contributed by atoms with van der Waals surface area (Å²) in [5.74, 6) is 1.46. The molecule has 0 unspecified atom stereocenters. The number of fused-ring (bicyclic) bond motifs is 1. The van der Waals surface area contributed by atoms with Crippen molar-refractivity contribution in [1.82, 2.24) is 14.6 Å². The lowest BCUT2D eigenvalue weighted by Gasteiger charge is -2.21. The highest BCUT2D eigenvalue weighted by Gasteiger charge is 2.16. The van der Waals surface area contributed by atoms with Gasteiger partial charge >= 0.3 is 0 Å². The Morgan fingerprint density at radius 2 is 1.93 bits per heavy atom. The molecule has 28 heavy (non-hydrogen) atoms. The second-order valence-electron chi connectivity index (χ2n) is 6.85. The van der Waals surface area contributed by atoms with Crippen LogP contribution in [0.2, 0.25) is 0 Å². The molecule has 3 aromatic rings. The predicted molar refractivity (Wildman–Crippen MR) is 113 cm³/mol. The van der Waals surface area contributed by atoms with Gasteiger partial charge in [-0.05, 0) is 46.1 Å². The quantitative estimate of drug-likeness (QED) is 0.489. The highest BCUT2D eigenvalue weighted by Crippen LogP contribution is 2.26. The van der Waals surface area contributed by atoms with Crippen molar-refractivity contribution >= 4 is 48.7 Å². The maximum absolute atomic E-state index is 11.6. The maximum Gasteiger partial charge on any atom is 0.175 e. The van der Waals surface area contributed by atoms with E-state index in [1.807, 2.05) is 13.8 Å². The zero-order valence-electron chi connectivity index (χ0n) is 15.7. The van der Waals surface area contributed by atoms with Crippen molar-refractivity contribution in [2.75, 3.05) is 23.5 Å². The molecule has 2 heterocycles.